The van der Waals surface area contributed by atoms with Crippen LogP contribution in [0.2, 0.25) is 0 Å². The standard InChI is InChI=1S/C23H31NO3/c1-18-13-24(14-19(2)27-18)15-22(25)16-26-17-23(20-9-5-3-6-10-20)21-11-7-4-8-12-21/h3-12,18-19,22-23,25H,13-17H2,1-2H3. The second-order valence-corrected chi connectivity index (χ2v) is 7.54. The molecule has 0 aromatic heterocycles. The third-order valence-corrected chi connectivity index (χ3v) is 4.96. The fourth-order valence-electron chi connectivity index (χ4n) is 3.86. The maximum Gasteiger partial charge on any atom is 0.0900 e. The summed E-state index contributed by atoms with van der Waals surface area (Å²) in [5, 5.41) is 10.4. The summed E-state index contributed by atoms with van der Waals surface area (Å²) in [5.41, 5.74) is 2.46. The van der Waals surface area contributed by atoms with Crippen molar-refractivity contribution in [2.75, 3.05) is 32.8 Å². The van der Waals surface area contributed by atoms with E-state index in [9.17, 15) is 5.11 Å². The predicted molar refractivity (Wildman–Crippen MR) is 108 cm³/mol. The van der Waals surface area contributed by atoms with Gasteiger partial charge in [-0.3, -0.25) is 4.90 Å². The molecule has 3 unspecified atom stereocenters. The van der Waals surface area contributed by atoms with E-state index in [0.29, 0.717) is 19.8 Å². The molecule has 2 aromatic carbocycles. The molecule has 3 atom stereocenters. The first kappa shape index (κ1) is 20.0. The summed E-state index contributed by atoms with van der Waals surface area (Å²) in [4.78, 5) is 2.26. The van der Waals surface area contributed by atoms with Crippen LogP contribution in [0.5, 0.6) is 0 Å². The lowest BCUT2D eigenvalue weighted by molar-refractivity contribution is -0.0821. The van der Waals surface area contributed by atoms with Gasteiger partial charge >= 0.3 is 0 Å². The molecule has 0 amide bonds. The summed E-state index contributed by atoms with van der Waals surface area (Å²) in [6.07, 6.45) is -0.0699. The average molecular weight is 370 g/mol. The molecule has 0 aliphatic carbocycles. The normalized spacial score (nSPS) is 22.1. The lowest BCUT2D eigenvalue weighted by Crippen LogP contribution is -2.48. The molecule has 1 saturated heterocycles. The van der Waals surface area contributed by atoms with E-state index < -0.39 is 6.10 Å². The van der Waals surface area contributed by atoms with E-state index in [1.165, 1.54) is 11.1 Å². The molecule has 0 spiro atoms. The number of hydrogen-bond acceptors (Lipinski definition) is 4. The third kappa shape index (κ3) is 6.15. The highest BCUT2D eigenvalue weighted by molar-refractivity contribution is 5.32. The van der Waals surface area contributed by atoms with Crippen LogP contribution in [0, 0.1) is 0 Å². The van der Waals surface area contributed by atoms with E-state index in [1.807, 2.05) is 12.1 Å². The van der Waals surface area contributed by atoms with E-state index in [0.717, 1.165) is 13.1 Å². The molecular weight excluding hydrogens is 338 g/mol. The molecule has 2 aromatic rings. The lowest BCUT2D eigenvalue weighted by Gasteiger charge is -2.36. The van der Waals surface area contributed by atoms with E-state index in [4.69, 9.17) is 9.47 Å². The lowest BCUT2D eigenvalue weighted by atomic mass is 9.92. The first-order chi connectivity index (χ1) is 13.1. The van der Waals surface area contributed by atoms with E-state index in [2.05, 4.69) is 67.3 Å². The van der Waals surface area contributed by atoms with Crippen molar-refractivity contribution in [1.29, 1.82) is 0 Å². The first-order valence-electron chi connectivity index (χ1n) is 9.85. The van der Waals surface area contributed by atoms with Gasteiger partial charge in [0.1, 0.15) is 0 Å². The van der Waals surface area contributed by atoms with Gasteiger partial charge < -0.3 is 14.6 Å². The molecule has 0 saturated carbocycles. The zero-order valence-electron chi connectivity index (χ0n) is 16.3. The van der Waals surface area contributed by atoms with Gasteiger partial charge in [-0.2, -0.15) is 0 Å². The van der Waals surface area contributed by atoms with Crippen LogP contribution >= 0.6 is 0 Å². The van der Waals surface area contributed by atoms with Crippen LogP contribution < -0.4 is 0 Å². The maximum absolute atomic E-state index is 10.4. The minimum atomic E-state index is -0.491. The Balaban J connectivity index is 1.53. The Morgan fingerprint density at radius 1 is 0.926 bits per heavy atom. The van der Waals surface area contributed by atoms with Crippen molar-refractivity contribution in [2.45, 2.75) is 38.1 Å². The molecule has 1 fully saturated rings. The highest BCUT2D eigenvalue weighted by Crippen LogP contribution is 2.24. The third-order valence-electron chi connectivity index (χ3n) is 4.96. The van der Waals surface area contributed by atoms with Gasteiger partial charge in [0.05, 0.1) is 31.5 Å². The largest absolute Gasteiger partial charge is 0.389 e. The summed E-state index contributed by atoms with van der Waals surface area (Å²) in [5.74, 6) is 0.169. The Hall–Kier alpha value is -1.72. The monoisotopic (exact) mass is 369 g/mol. The number of aliphatic hydroxyl groups is 1. The first-order valence-corrected chi connectivity index (χ1v) is 9.85. The number of aliphatic hydroxyl groups excluding tert-OH is 1. The molecular formula is C23H31NO3. The minimum absolute atomic E-state index is 0.169. The second-order valence-electron chi connectivity index (χ2n) is 7.54. The van der Waals surface area contributed by atoms with Gasteiger partial charge in [-0.25, -0.2) is 0 Å². The van der Waals surface area contributed by atoms with Crippen molar-refractivity contribution in [3.63, 3.8) is 0 Å². The zero-order chi connectivity index (χ0) is 19.1. The van der Waals surface area contributed by atoms with E-state index >= 15 is 0 Å². The van der Waals surface area contributed by atoms with Crippen LogP contribution in [0.1, 0.15) is 30.9 Å². The Morgan fingerprint density at radius 2 is 1.44 bits per heavy atom. The van der Waals surface area contributed by atoms with Crippen molar-refractivity contribution < 1.29 is 14.6 Å². The molecule has 1 heterocycles. The van der Waals surface area contributed by atoms with Gasteiger partial charge in [-0.15, -0.1) is 0 Å². The number of hydrogen-bond donors (Lipinski definition) is 1. The molecule has 1 N–H and O–H groups in total. The number of β-amino-alcohol motifs (C(OH)–C–C–N with tert-alkyl or cyclic N) is 1. The molecule has 1 aliphatic rings. The Labute approximate surface area is 162 Å². The smallest absolute Gasteiger partial charge is 0.0900 e. The van der Waals surface area contributed by atoms with E-state index in [-0.39, 0.29) is 18.1 Å². The van der Waals surface area contributed by atoms with Gasteiger partial charge in [-0.1, -0.05) is 60.7 Å². The number of benzene rings is 2. The van der Waals surface area contributed by atoms with Crippen LogP contribution in [-0.4, -0.2) is 61.2 Å². The van der Waals surface area contributed by atoms with Crippen molar-refractivity contribution >= 4 is 0 Å². The topological polar surface area (TPSA) is 41.9 Å². The van der Waals surface area contributed by atoms with Gasteiger partial charge in [0.25, 0.3) is 0 Å². The van der Waals surface area contributed by atoms with Crippen LogP contribution in [0.3, 0.4) is 0 Å². The molecule has 146 valence electrons. The SMILES string of the molecule is CC1CN(CC(O)COCC(c2ccccc2)c2ccccc2)CC(C)O1. The van der Waals surface area contributed by atoms with Crippen molar-refractivity contribution in [1.82, 2.24) is 4.90 Å². The van der Waals surface area contributed by atoms with Crippen LogP contribution in [-0.2, 0) is 9.47 Å². The van der Waals surface area contributed by atoms with Gasteiger partial charge in [0, 0.05) is 25.6 Å². The second kappa shape index (κ2) is 10.00. The van der Waals surface area contributed by atoms with Crippen molar-refractivity contribution in [2.24, 2.45) is 0 Å². The van der Waals surface area contributed by atoms with Crippen LogP contribution in [0.25, 0.3) is 0 Å². The summed E-state index contributed by atoms with van der Waals surface area (Å²) >= 11 is 0. The van der Waals surface area contributed by atoms with E-state index in [1.54, 1.807) is 0 Å². The average Bonchev–Trinajstić information content (AvgIpc) is 2.66. The molecule has 0 radical (unpaired) electrons. The fraction of sp³-hybridized carbons (Fsp3) is 0.478. The predicted octanol–water partition coefficient (Wildman–Crippen LogP) is 3.31. The number of ether oxygens (including phenoxy) is 2. The van der Waals surface area contributed by atoms with Crippen molar-refractivity contribution in [3.05, 3.63) is 71.8 Å². The molecule has 0 bridgehead atoms. The number of morpholine rings is 1. The number of rotatable bonds is 8. The highest BCUT2D eigenvalue weighted by Gasteiger charge is 2.24. The fourth-order valence-corrected chi connectivity index (χ4v) is 3.86. The van der Waals surface area contributed by atoms with Gasteiger partial charge in [0.2, 0.25) is 0 Å². The maximum atomic E-state index is 10.4. The summed E-state index contributed by atoms with van der Waals surface area (Å²) in [6.45, 7) is 7.40. The number of nitrogens with zero attached hydrogens (tertiary/aromatic N) is 1. The Bertz CT molecular complexity index is 614. The Kier molecular flexibility index (Phi) is 7.41. The molecule has 3 rings (SSSR count). The molecule has 4 nitrogen and oxygen atoms in total. The van der Waals surface area contributed by atoms with Crippen LogP contribution in [0.15, 0.2) is 60.7 Å². The van der Waals surface area contributed by atoms with Gasteiger partial charge in [-0.05, 0) is 25.0 Å². The highest BCUT2D eigenvalue weighted by atomic mass is 16.5. The summed E-state index contributed by atoms with van der Waals surface area (Å²) < 4.78 is 11.7. The van der Waals surface area contributed by atoms with Crippen LogP contribution in [0.4, 0.5) is 0 Å². The molecule has 4 heteroatoms. The molecule has 27 heavy (non-hydrogen) atoms. The Morgan fingerprint density at radius 3 is 1.96 bits per heavy atom. The quantitative estimate of drug-likeness (QED) is 0.775. The molecule has 1 aliphatic heterocycles. The zero-order valence-corrected chi connectivity index (χ0v) is 16.3. The minimum Gasteiger partial charge on any atom is -0.389 e. The summed E-state index contributed by atoms with van der Waals surface area (Å²) in [6, 6.07) is 20.8. The van der Waals surface area contributed by atoms with Crippen molar-refractivity contribution in [3.8, 4) is 0 Å². The summed E-state index contributed by atoms with van der Waals surface area (Å²) in [7, 11) is 0. The van der Waals surface area contributed by atoms with Gasteiger partial charge in [0.15, 0.2) is 0 Å².